The van der Waals surface area contributed by atoms with Crippen molar-refractivity contribution in [2.24, 2.45) is 0 Å². The Labute approximate surface area is 130 Å². The molecule has 1 heterocycles. The third-order valence-corrected chi connectivity index (χ3v) is 3.74. The van der Waals surface area contributed by atoms with Gasteiger partial charge in [-0.05, 0) is 45.4 Å². The number of carbonyl (C=O) groups excluding carboxylic acids is 1. The Bertz CT molecular complexity index is 557. The number of hydrogen-bond acceptors (Lipinski definition) is 4. The molecule has 1 aliphatic heterocycles. The number of nitrogens with two attached hydrogens (primary N) is 1. The Balaban J connectivity index is 2.00. The summed E-state index contributed by atoms with van der Waals surface area (Å²) in [6, 6.07) is 4.85. The Kier molecular flexibility index (Phi) is 4.49. The molecule has 1 saturated heterocycles. The maximum atomic E-state index is 13.6. The van der Waals surface area contributed by atoms with E-state index in [0.717, 1.165) is 18.7 Å². The zero-order valence-electron chi connectivity index (χ0n) is 13.6. The van der Waals surface area contributed by atoms with Crippen LogP contribution in [0.3, 0.4) is 0 Å². The molecule has 0 aliphatic carbocycles. The molecule has 22 heavy (non-hydrogen) atoms. The van der Waals surface area contributed by atoms with Crippen molar-refractivity contribution in [1.82, 2.24) is 4.90 Å². The predicted octanol–water partition coefficient (Wildman–Crippen LogP) is 2.85. The van der Waals surface area contributed by atoms with Crippen molar-refractivity contribution in [2.75, 3.05) is 30.8 Å². The lowest BCUT2D eigenvalue weighted by atomic mass is 10.2. The van der Waals surface area contributed by atoms with Crippen molar-refractivity contribution < 1.29 is 13.9 Å². The van der Waals surface area contributed by atoms with Gasteiger partial charge < -0.3 is 20.3 Å². The number of ether oxygens (including phenoxy) is 1. The number of halogens is 1. The van der Waals surface area contributed by atoms with Crippen molar-refractivity contribution >= 4 is 17.5 Å². The van der Waals surface area contributed by atoms with E-state index in [9.17, 15) is 9.18 Å². The molecule has 1 amide bonds. The van der Waals surface area contributed by atoms with E-state index < -0.39 is 11.4 Å². The molecule has 122 valence electrons. The molecule has 1 unspecified atom stereocenters. The molecule has 0 radical (unpaired) electrons. The van der Waals surface area contributed by atoms with Gasteiger partial charge >= 0.3 is 6.09 Å². The summed E-state index contributed by atoms with van der Waals surface area (Å²) in [4.78, 5) is 15.8. The second kappa shape index (κ2) is 6.02. The smallest absolute Gasteiger partial charge is 0.410 e. The fourth-order valence-electron chi connectivity index (χ4n) is 2.49. The van der Waals surface area contributed by atoms with Gasteiger partial charge in [0.1, 0.15) is 11.4 Å². The van der Waals surface area contributed by atoms with E-state index in [4.69, 9.17) is 10.5 Å². The Morgan fingerprint density at radius 2 is 2.14 bits per heavy atom. The minimum Gasteiger partial charge on any atom is -0.444 e. The van der Waals surface area contributed by atoms with Crippen LogP contribution in [-0.2, 0) is 4.74 Å². The van der Waals surface area contributed by atoms with E-state index in [1.54, 1.807) is 24.1 Å². The van der Waals surface area contributed by atoms with Crippen LogP contribution in [0.25, 0.3) is 0 Å². The van der Waals surface area contributed by atoms with Crippen molar-refractivity contribution in [3.63, 3.8) is 0 Å². The van der Waals surface area contributed by atoms with E-state index in [0.29, 0.717) is 6.54 Å². The fourth-order valence-corrected chi connectivity index (χ4v) is 2.49. The standard InChI is InChI=1S/C16H24FN3O2/c1-16(2,3)22-15(21)19(4)12-7-8-20(10-12)11-5-6-14(18)13(17)9-11/h5-6,9,12H,7-8,10,18H2,1-4H3. The molecular weight excluding hydrogens is 285 g/mol. The number of nitrogen functional groups attached to an aromatic ring is 1. The van der Waals surface area contributed by atoms with Gasteiger partial charge in [0, 0.05) is 25.8 Å². The number of likely N-dealkylation sites (N-methyl/N-ethyl adjacent to an activating group) is 1. The van der Waals surface area contributed by atoms with Gasteiger partial charge in [-0.25, -0.2) is 9.18 Å². The van der Waals surface area contributed by atoms with Gasteiger partial charge in [0.15, 0.2) is 0 Å². The van der Waals surface area contributed by atoms with Crippen molar-refractivity contribution in [3.05, 3.63) is 24.0 Å². The SMILES string of the molecule is CN(C(=O)OC(C)(C)C)C1CCN(c2ccc(N)c(F)c2)C1. The Hall–Kier alpha value is -1.98. The zero-order chi connectivity index (χ0) is 16.5. The number of nitrogens with zero attached hydrogens (tertiary/aromatic N) is 2. The highest BCUT2D eigenvalue weighted by Crippen LogP contribution is 2.26. The second-order valence-corrected chi connectivity index (χ2v) is 6.69. The van der Waals surface area contributed by atoms with E-state index in [2.05, 4.69) is 0 Å². The zero-order valence-corrected chi connectivity index (χ0v) is 13.6. The highest BCUT2D eigenvalue weighted by molar-refractivity contribution is 5.68. The molecule has 1 fully saturated rings. The molecule has 1 atom stereocenters. The van der Waals surface area contributed by atoms with Gasteiger partial charge in [-0.2, -0.15) is 0 Å². The van der Waals surface area contributed by atoms with Crippen LogP contribution in [-0.4, -0.2) is 42.8 Å². The summed E-state index contributed by atoms with van der Waals surface area (Å²) >= 11 is 0. The Morgan fingerprint density at radius 3 is 2.73 bits per heavy atom. The normalized spacial score (nSPS) is 18.4. The molecule has 6 heteroatoms. The van der Waals surface area contributed by atoms with Crippen LogP contribution in [0.4, 0.5) is 20.6 Å². The minimum atomic E-state index is -0.510. The molecule has 0 saturated carbocycles. The summed E-state index contributed by atoms with van der Waals surface area (Å²) in [5, 5.41) is 0. The van der Waals surface area contributed by atoms with E-state index >= 15 is 0 Å². The third-order valence-electron chi connectivity index (χ3n) is 3.74. The maximum Gasteiger partial charge on any atom is 0.410 e. The van der Waals surface area contributed by atoms with Crippen molar-refractivity contribution in [3.8, 4) is 0 Å². The quantitative estimate of drug-likeness (QED) is 0.854. The number of rotatable bonds is 2. The Morgan fingerprint density at radius 1 is 1.45 bits per heavy atom. The van der Waals surface area contributed by atoms with Crippen LogP contribution >= 0.6 is 0 Å². The fraction of sp³-hybridized carbons (Fsp3) is 0.562. The van der Waals surface area contributed by atoms with Crippen LogP contribution in [0.5, 0.6) is 0 Å². The van der Waals surface area contributed by atoms with E-state index in [1.165, 1.54) is 6.07 Å². The number of carbonyl (C=O) groups is 1. The maximum absolute atomic E-state index is 13.6. The van der Waals surface area contributed by atoms with Gasteiger partial charge in [0.25, 0.3) is 0 Å². The number of benzene rings is 1. The lowest BCUT2D eigenvalue weighted by Crippen LogP contribution is -2.42. The molecule has 0 bridgehead atoms. The largest absolute Gasteiger partial charge is 0.444 e. The monoisotopic (exact) mass is 309 g/mol. The molecule has 1 aliphatic rings. The summed E-state index contributed by atoms with van der Waals surface area (Å²) in [5.41, 5.74) is 5.92. The molecule has 2 rings (SSSR count). The van der Waals surface area contributed by atoms with Gasteiger partial charge in [-0.15, -0.1) is 0 Å². The van der Waals surface area contributed by atoms with Crippen LogP contribution < -0.4 is 10.6 Å². The first kappa shape index (κ1) is 16.4. The average molecular weight is 309 g/mol. The van der Waals surface area contributed by atoms with Crippen LogP contribution in [0.2, 0.25) is 0 Å². The molecule has 1 aromatic rings. The first-order valence-corrected chi connectivity index (χ1v) is 7.43. The van der Waals surface area contributed by atoms with Gasteiger partial charge in [0.05, 0.1) is 11.7 Å². The molecule has 5 nitrogen and oxygen atoms in total. The van der Waals surface area contributed by atoms with Gasteiger partial charge in [-0.3, -0.25) is 0 Å². The molecule has 0 aromatic heterocycles. The predicted molar refractivity (Wildman–Crippen MR) is 85.4 cm³/mol. The highest BCUT2D eigenvalue weighted by Gasteiger charge is 2.31. The lowest BCUT2D eigenvalue weighted by molar-refractivity contribution is 0.0238. The topological polar surface area (TPSA) is 58.8 Å². The first-order chi connectivity index (χ1) is 10.2. The lowest BCUT2D eigenvalue weighted by Gasteiger charge is -2.28. The molecule has 2 N–H and O–H groups in total. The van der Waals surface area contributed by atoms with Crippen LogP contribution in [0, 0.1) is 5.82 Å². The van der Waals surface area contributed by atoms with E-state index in [-0.39, 0.29) is 17.8 Å². The van der Waals surface area contributed by atoms with Crippen molar-refractivity contribution in [2.45, 2.75) is 38.8 Å². The second-order valence-electron chi connectivity index (χ2n) is 6.69. The summed E-state index contributed by atoms with van der Waals surface area (Å²) in [6.07, 6.45) is 0.490. The summed E-state index contributed by atoms with van der Waals surface area (Å²) in [6.45, 7) is 6.95. The highest BCUT2D eigenvalue weighted by atomic mass is 19.1. The average Bonchev–Trinajstić information content (AvgIpc) is 2.88. The summed E-state index contributed by atoms with van der Waals surface area (Å²) in [5.74, 6) is -0.415. The number of anilines is 2. The minimum absolute atomic E-state index is 0.0514. The number of amides is 1. The molecule has 0 spiro atoms. The van der Waals surface area contributed by atoms with Crippen LogP contribution in [0.15, 0.2) is 18.2 Å². The summed E-state index contributed by atoms with van der Waals surface area (Å²) in [7, 11) is 1.74. The van der Waals surface area contributed by atoms with Gasteiger partial charge in [-0.1, -0.05) is 0 Å². The van der Waals surface area contributed by atoms with Crippen molar-refractivity contribution in [1.29, 1.82) is 0 Å². The summed E-state index contributed by atoms with van der Waals surface area (Å²) < 4.78 is 18.9. The van der Waals surface area contributed by atoms with Gasteiger partial charge in [0.2, 0.25) is 0 Å². The van der Waals surface area contributed by atoms with Crippen LogP contribution in [0.1, 0.15) is 27.2 Å². The number of hydrogen-bond donors (Lipinski definition) is 1. The first-order valence-electron chi connectivity index (χ1n) is 7.43. The molecule has 1 aromatic carbocycles. The third kappa shape index (κ3) is 3.81. The van der Waals surface area contributed by atoms with E-state index in [1.807, 2.05) is 25.7 Å². The molecular formula is C16H24FN3O2.